The molecule has 0 saturated carbocycles. The molecule has 0 aromatic heterocycles. The van der Waals surface area contributed by atoms with Gasteiger partial charge < -0.3 is 14.5 Å². The first-order valence-electron chi connectivity index (χ1n) is 9.39. The van der Waals surface area contributed by atoms with E-state index in [9.17, 15) is 9.59 Å². The average molecular weight is 366 g/mol. The molecular weight excluding hydrogens is 340 g/mol. The van der Waals surface area contributed by atoms with Crippen molar-refractivity contribution in [1.29, 1.82) is 0 Å². The minimum atomic E-state index is -0.707. The topological polar surface area (TPSA) is 49.9 Å². The van der Waals surface area contributed by atoms with Crippen molar-refractivity contribution >= 4 is 17.5 Å². The first-order chi connectivity index (χ1) is 13.0. The van der Waals surface area contributed by atoms with Crippen LogP contribution in [-0.4, -0.2) is 35.4 Å². The van der Waals surface area contributed by atoms with E-state index in [2.05, 4.69) is 6.92 Å². The minimum Gasteiger partial charge on any atom is -0.476 e. The van der Waals surface area contributed by atoms with E-state index in [-0.39, 0.29) is 24.4 Å². The molecule has 0 aliphatic carbocycles. The molecule has 1 aliphatic rings. The van der Waals surface area contributed by atoms with Crippen molar-refractivity contribution in [3.8, 4) is 5.75 Å². The van der Waals surface area contributed by atoms with Crippen LogP contribution < -0.4 is 9.64 Å². The lowest BCUT2D eigenvalue weighted by atomic mass is 10.1. The van der Waals surface area contributed by atoms with Gasteiger partial charge in [0, 0.05) is 19.5 Å². The van der Waals surface area contributed by atoms with E-state index in [1.165, 1.54) is 6.92 Å². The van der Waals surface area contributed by atoms with Crippen LogP contribution in [0.1, 0.15) is 32.8 Å². The number of carbonyl (C=O) groups is 2. The van der Waals surface area contributed by atoms with Gasteiger partial charge in [-0.05, 0) is 31.0 Å². The molecule has 2 unspecified atom stereocenters. The van der Waals surface area contributed by atoms with Gasteiger partial charge >= 0.3 is 0 Å². The molecule has 5 nitrogen and oxygen atoms in total. The summed E-state index contributed by atoms with van der Waals surface area (Å²) >= 11 is 0. The number of anilines is 1. The highest BCUT2D eigenvalue weighted by Crippen LogP contribution is 2.33. The highest BCUT2D eigenvalue weighted by molar-refractivity contribution is 5.95. The lowest BCUT2D eigenvalue weighted by Gasteiger charge is -2.37. The monoisotopic (exact) mass is 366 g/mol. The smallest absolute Gasteiger partial charge is 0.266 e. The Hall–Kier alpha value is -2.82. The first kappa shape index (κ1) is 19.0. The Bertz CT molecular complexity index is 806. The zero-order valence-electron chi connectivity index (χ0n) is 16.1. The molecule has 2 aromatic carbocycles. The molecule has 2 atom stereocenters. The van der Waals surface area contributed by atoms with Crippen molar-refractivity contribution in [1.82, 2.24) is 4.90 Å². The molecule has 0 saturated heterocycles. The number of carbonyl (C=O) groups excluding carboxylic acids is 2. The molecule has 5 heteroatoms. The summed E-state index contributed by atoms with van der Waals surface area (Å²) < 4.78 is 6.00. The van der Waals surface area contributed by atoms with Gasteiger partial charge in [-0.1, -0.05) is 49.4 Å². The number of amides is 2. The summed E-state index contributed by atoms with van der Waals surface area (Å²) in [6.45, 7) is 6.37. The SMILES string of the molecule is CCC(C)N(Cc1ccccc1)C(=O)C1CN(C(C)=O)c2ccccc2O1. The highest BCUT2D eigenvalue weighted by atomic mass is 16.5. The standard InChI is InChI=1S/C22H26N2O3/c1-4-16(2)23(14-18-10-6-5-7-11-18)22(26)21-15-24(17(3)25)19-12-8-9-13-20(19)27-21/h5-13,16,21H,4,14-15H2,1-3H3. The van der Waals surface area contributed by atoms with Crippen LogP contribution in [0.3, 0.4) is 0 Å². The Balaban J connectivity index is 1.86. The summed E-state index contributed by atoms with van der Waals surface area (Å²) in [5.74, 6) is 0.386. The summed E-state index contributed by atoms with van der Waals surface area (Å²) in [6.07, 6.45) is 0.139. The van der Waals surface area contributed by atoms with E-state index in [1.54, 1.807) is 11.0 Å². The second-order valence-electron chi connectivity index (χ2n) is 6.91. The van der Waals surface area contributed by atoms with E-state index in [0.29, 0.717) is 18.0 Å². The number of benzene rings is 2. The Kier molecular flexibility index (Phi) is 5.79. The summed E-state index contributed by atoms with van der Waals surface area (Å²) in [6, 6.07) is 17.4. The maximum absolute atomic E-state index is 13.3. The van der Waals surface area contributed by atoms with Gasteiger partial charge in [0.05, 0.1) is 12.2 Å². The molecule has 1 heterocycles. The number of rotatable bonds is 5. The van der Waals surface area contributed by atoms with E-state index < -0.39 is 6.10 Å². The molecular formula is C22H26N2O3. The van der Waals surface area contributed by atoms with Crippen molar-refractivity contribution in [3.05, 3.63) is 60.2 Å². The fraction of sp³-hybridized carbons (Fsp3) is 0.364. The average Bonchev–Trinajstić information content (AvgIpc) is 2.70. The van der Waals surface area contributed by atoms with E-state index >= 15 is 0 Å². The number of hydrogen-bond donors (Lipinski definition) is 0. The van der Waals surface area contributed by atoms with Crippen LogP contribution in [0.4, 0.5) is 5.69 Å². The first-order valence-corrected chi connectivity index (χ1v) is 9.39. The predicted molar refractivity (Wildman–Crippen MR) is 106 cm³/mol. The van der Waals surface area contributed by atoms with Gasteiger partial charge in [-0.25, -0.2) is 0 Å². The molecule has 27 heavy (non-hydrogen) atoms. The summed E-state index contributed by atoms with van der Waals surface area (Å²) in [7, 11) is 0. The third kappa shape index (κ3) is 4.13. The van der Waals surface area contributed by atoms with Crippen LogP contribution in [0.25, 0.3) is 0 Å². The van der Waals surface area contributed by atoms with Crippen LogP contribution in [0.2, 0.25) is 0 Å². The maximum atomic E-state index is 13.3. The molecule has 2 amide bonds. The molecule has 0 bridgehead atoms. The summed E-state index contributed by atoms with van der Waals surface area (Å²) in [5, 5.41) is 0. The fourth-order valence-electron chi connectivity index (χ4n) is 3.30. The van der Waals surface area contributed by atoms with Crippen LogP contribution in [0, 0.1) is 0 Å². The predicted octanol–water partition coefficient (Wildman–Crippen LogP) is 3.63. The largest absolute Gasteiger partial charge is 0.476 e. The maximum Gasteiger partial charge on any atom is 0.266 e. The van der Waals surface area contributed by atoms with Crippen molar-refractivity contribution in [2.75, 3.05) is 11.4 Å². The number of para-hydroxylation sites is 2. The number of ether oxygens (including phenoxy) is 1. The van der Waals surface area contributed by atoms with Crippen molar-refractivity contribution in [3.63, 3.8) is 0 Å². The van der Waals surface area contributed by atoms with Gasteiger partial charge in [0.2, 0.25) is 5.91 Å². The molecule has 142 valence electrons. The second-order valence-corrected chi connectivity index (χ2v) is 6.91. The highest BCUT2D eigenvalue weighted by Gasteiger charge is 2.36. The van der Waals surface area contributed by atoms with Gasteiger partial charge in [-0.3, -0.25) is 9.59 Å². The van der Waals surface area contributed by atoms with Crippen LogP contribution in [-0.2, 0) is 16.1 Å². The van der Waals surface area contributed by atoms with Crippen molar-refractivity contribution in [2.45, 2.75) is 45.9 Å². The zero-order valence-corrected chi connectivity index (χ0v) is 16.1. The Morgan fingerprint density at radius 1 is 1.15 bits per heavy atom. The fourth-order valence-corrected chi connectivity index (χ4v) is 3.30. The Labute approximate surface area is 160 Å². The lowest BCUT2D eigenvalue weighted by molar-refractivity contribution is -0.141. The van der Waals surface area contributed by atoms with Gasteiger partial charge in [0.1, 0.15) is 5.75 Å². The Morgan fingerprint density at radius 2 is 1.81 bits per heavy atom. The van der Waals surface area contributed by atoms with Gasteiger partial charge in [0.25, 0.3) is 5.91 Å². The number of nitrogens with zero attached hydrogens (tertiary/aromatic N) is 2. The molecule has 0 radical (unpaired) electrons. The molecule has 1 aliphatic heterocycles. The molecule has 0 N–H and O–H groups in total. The normalized spacial score (nSPS) is 16.9. The van der Waals surface area contributed by atoms with Crippen LogP contribution >= 0.6 is 0 Å². The van der Waals surface area contributed by atoms with E-state index in [1.807, 2.05) is 60.4 Å². The second kappa shape index (κ2) is 8.25. The number of fused-ring (bicyclic) bond motifs is 1. The third-order valence-electron chi connectivity index (χ3n) is 5.03. The van der Waals surface area contributed by atoms with E-state index in [4.69, 9.17) is 4.74 Å². The molecule has 3 rings (SSSR count). The zero-order chi connectivity index (χ0) is 19.4. The van der Waals surface area contributed by atoms with Crippen LogP contribution in [0.15, 0.2) is 54.6 Å². The van der Waals surface area contributed by atoms with Crippen LogP contribution in [0.5, 0.6) is 5.75 Å². The summed E-state index contributed by atoms with van der Waals surface area (Å²) in [4.78, 5) is 28.9. The molecule has 0 fully saturated rings. The minimum absolute atomic E-state index is 0.0734. The van der Waals surface area contributed by atoms with E-state index in [0.717, 1.165) is 12.0 Å². The van der Waals surface area contributed by atoms with Crippen molar-refractivity contribution in [2.24, 2.45) is 0 Å². The van der Waals surface area contributed by atoms with Gasteiger partial charge in [-0.2, -0.15) is 0 Å². The molecule has 0 spiro atoms. The summed E-state index contributed by atoms with van der Waals surface area (Å²) in [5.41, 5.74) is 1.79. The molecule has 2 aromatic rings. The Morgan fingerprint density at radius 3 is 2.48 bits per heavy atom. The lowest BCUT2D eigenvalue weighted by Crippen LogP contribution is -2.53. The van der Waals surface area contributed by atoms with Gasteiger partial charge in [0.15, 0.2) is 6.10 Å². The third-order valence-corrected chi connectivity index (χ3v) is 5.03. The quantitative estimate of drug-likeness (QED) is 0.812. The van der Waals surface area contributed by atoms with Crippen molar-refractivity contribution < 1.29 is 14.3 Å². The number of hydrogen-bond acceptors (Lipinski definition) is 3. The van der Waals surface area contributed by atoms with Gasteiger partial charge in [-0.15, -0.1) is 0 Å².